The molecule has 21 heavy (non-hydrogen) atoms. The van der Waals surface area contributed by atoms with Crippen molar-refractivity contribution >= 4 is 17.5 Å². The number of hydrogen-bond acceptors (Lipinski definition) is 3. The van der Waals surface area contributed by atoms with Crippen LogP contribution in [0, 0.1) is 0 Å². The third kappa shape index (κ3) is 4.24. The van der Waals surface area contributed by atoms with Gasteiger partial charge in [-0.05, 0) is 49.2 Å². The summed E-state index contributed by atoms with van der Waals surface area (Å²) in [6.07, 6.45) is -0.564. The van der Waals surface area contributed by atoms with Crippen LogP contribution < -0.4 is 10.6 Å². The van der Waals surface area contributed by atoms with E-state index in [4.69, 9.17) is 4.74 Å². The number of rotatable bonds is 4. The third-order valence-electron chi connectivity index (χ3n) is 2.98. The molecule has 2 rings (SSSR count). The maximum Gasteiger partial charge on any atom is 0.411 e. The summed E-state index contributed by atoms with van der Waals surface area (Å²) < 4.78 is 5.04. The standard InChI is InChI=1S/C17H20N2O2/c1-12(2)21-17(20)19-16-10-6-14(7-11-16)13-4-8-15(18-3)9-5-13/h4-12,18H,1-3H3,(H,19,20). The van der Waals surface area contributed by atoms with Gasteiger partial charge in [-0.15, -0.1) is 0 Å². The molecule has 0 atom stereocenters. The summed E-state index contributed by atoms with van der Waals surface area (Å²) in [4.78, 5) is 11.5. The highest BCUT2D eigenvalue weighted by molar-refractivity contribution is 5.85. The monoisotopic (exact) mass is 284 g/mol. The molecule has 0 saturated heterocycles. The molecule has 0 aliphatic rings. The van der Waals surface area contributed by atoms with E-state index in [1.807, 2.05) is 57.3 Å². The molecule has 4 nitrogen and oxygen atoms in total. The molecule has 4 heteroatoms. The van der Waals surface area contributed by atoms with Gasteiger partial charge in [0.25, 0.3) is 0 Å². The molecular formula is C17H20N2O2. The molecule has 110 valence electrons. The lowest BCUT2D eigenvalue weighted by Crippen LogP contribution is -2.17. The van der Waals surface area contributed by atoms with E-state index in [2.05, 4.69) is 22.8 Å². The first-order valence-corrected chi connectivity index (χ1v) is 6.94. The van der Waals surface area contributed by atoms with Crippen molar-refractivity contribution in [3.05, 3.63) is 48.5 Å². The quantitative estimate of drug-likeness (QED) is 0.877. The van der Waals surface area contributed by atoms with Gasteiger partial charge in [0.1, 0.15) is 0 Å². The Morgan fingerprint density at radius 1 is 0.905 bits per heavy atom. The van der Waals surface area contributed by atoms with Gasteiger partial charge in [-0.25, -0.2) is 4.79 Å². The topological polar surface area (TPSA) is 50.4 Å². The van der Waals surface area contributed by atoms with Gasteiger partial charge in [-0.1, -0.05) is 24.3 Å². The number of ether oxygens (including phenoxy) is 1. The Bertz CT molecular complexity index is 589. The van der Waals surface area contributed by atoms with Crippen LogP contribution in [-0.2, 0) is 4.74 Å². The smallest absolute Gasteiger partial charge is 0.411 e. The molecule has 2 aromatic carbocycles. The normalized spacial score (nSPS) is 10.3. The number of anilines is 2. The third-order valence-corrected chi connectivity index (χ3v) is 2.98. The summed E-state index contributed by atoms with van der Waals surface area (Å²) in [7, 11) is 1.89. The number of carbonyl (C=O) groups is 1. The molecule has 0 heterocycles. The summed E-state index contributed by atoms with van der Waals surface area (Å²) >= 11 is 0. The minimum atomic E-state index is -0.434. The van der Waals surface area contributed by atoms with Crippen molar-refractivity contribution in [3.63, 3.8) is 0 Å². The molecule has 0 unspecified atom stereocenters. The Morgan fingerprint density at radius 2 is 1.38 bits per heavy atom. The lowest BCUT2D eigenvalue weighted by Gasteiger charge is -2.10. The lowest BCUT2D eigenvalue weighted by molar-refractivity contribution is 0.130. The van der Waals surface area contributed by atoms with E-state index >= 15 is 0 Å². The minimum Gasteiger partial charge on any atom is -0.447 e. The summed E-state index contributed by atoms with van der Waals surface area (Å²) in [5.41, 5.74) is 4.02. The van der Waals surface area contributed by atoms with Crippen molar-refractivity contribution in [1.29, 1.82) is 0 Å². The van der Waals surface area contributed by atoms with Gasteiger partial charge in [0.2, 0.25) is 0 Å². The van der Waals surface area contributed by atoms with Crippen LogP contribution in [0.15, 0.2) is 48.5 Å². The largest absolute Gasteiger partial charge is 0.447 e. The van der Waals surface area contributed by atoms with E-state index in [1.165, 1.54) is 0 Å². The molecule has 1 amide bonds. The van der Waals surface area contributed by atoms with Gasteiger partial charge in [0.05, 0.1) is 6.10 Å². The zero-order valence-corrected chi connectivity index (χ0v) is 12.5. The molecule has 0 saturated carbocycles. The number of benzene rings is 2. The maximum absolute atomic E-state index is 11.5. The summed E-state index contributed by atoms with van der Waals surface area (Å²) in [5, 5.41) is 5.79. The average molecular weight is 284 g/mol. The fraction of sp³-hybridized carbons (Fsp3) is 0.235. The first-order valence-electron chi connectivity index (χ1n) is 6.94. The summed E-state index contributed by atoms with van der Waals surface area (Å²) in [6.45, 7) is 3.63. The Kier molecular flexibility index (Phi) is 4.82. The lowest BCUT2D eigenvalue weighted by atomic mass is 10.1. The minimum absolute atomic E-state index is 0.130. The van der Waals surface area contributed by atoms with Crippen molar-refractivity contribution in [3.8, 4) is 11.1 Å². The van der Waals surface area contributed by atoms with Gasteiger partial charge in [-0.3, -0.25) is 5.32 Å². The van der Waals surface area contributed by atoms with Gasteiger partial charge >= 0.3 is 6.09 Å². The van der Waals surface area contributed by atoms with Crippen LogP contribution in [0.2, 0.25) is 0 Å². The molecule has 2 aromatic rings. The fourth-order valence-corrected chi connectivity index (χ4v) is 1.94. The average Bonchev–Trinajstić information content (AvgIpc) is 2.47. The molecule has 0 aromatic heterocycles. The molecule has 0 fully saturated rings. The van der Waals surface area contributed by atoms with E-state index in [9.17, 15) is 4.79 Å². The highest BCUT2D eigenvalue weighted by Crippen LogP contribution is 2.23. The molecule has 2 N–H and O–H groups in total. The van der Waals surface area contributed by atoms with Crippen molar-refractivity contribution in [2.45, 2.75) is 20.0 Å². The second-order valence-electron chi connectivity index (χ2n) is 4.98. The van der Waals surface area contributed by atoms with E-state index in [-0.39, 0.29) is 6.10 Å². The van der Waals surface area contributed by atoms with Gasteiger partial charge in [-0.2, -0.15) is 0 Å². The maximum atomic E-state index is 11.5. The van der Waals surface area contributed by atoms with E-state index < -0.39 is 6.09 Å². The van der Waals surface area contributed by atoms with E-state index in [0.717, 1.165) is 22.5 Å². The Balaban J connectivity index is 2.05. The Labute approximate surface area is 125 Å². The second kappa shape index (κ2) is 6.79. The van der Waals surface area contributed by atoms with Crippen LogP contribution in [0.5, 0.6) is 0 Å². The van der Waals surface area contributed by atoms with Crippen LogP contribution in [-0.4, -0.2) is 19.2 Å². The van der Waals surface area contributed by atoms with Crippen LogP contribution in [0.4, 0.5) is 16.2 Å². The molecule has 0 radical (unpaired) electrons. The van der Waals surface area contributed by atoms with Crippen LogP contribution in [0.3, 0.4) is 0 Å². The molecule has 0 spiro atoms. The van der Waals surface area contributed by atoms with Gasteiger partial charge in [0, 0.05) is 18.4 Å². The Morgan fingerprint density at radius 3 is 1.81 bits per heavy atom. The van der Waals surface area contributed by atoms with Crippen LogP contribution in [0.25, 0.3) is 11.1 Å². The first kappa shape index (κ1) is 14.9. The van der Waals surface area contributed by atoms with Crippen molar-refractivity contribution in [2.24, 2.45) is 0 Å². The molecule has 0 aliphatic carbocycles. The molecule has 0 bridgehead atoms. The Hall–Kier alpha value is -2.49. The summed E-state index contributed by atoms with van der Waals surface area (Å²) in [5.74, 6) is 0. The second-order valence-corrected chi connectivity index (χ2v) is 4.98. The predicted molar refractivity (Wildman–Crippen MR) is 86.7 cm³/mol. The van der Waals surface area contributed by atoms with Crippen LogP contribution in [0.1, 0.15) is 13.8 Å². The van der Waals surface area contributed by atoms with Gasteiger partial charge < -0.3 is 10.1 Å². The molecule has 0 aliphatic heterocycles. The van der Waals surface area contributed by atoms with E-state index in [1.54, 1.807) is 0 Å². The van der Waals surface area contributed by atoms with Gasteiger partial charge in [0.15, 0.2) is 0 Å². The van der Waals surface area contributed by atoms with Crippen molar-refractivity contribution in [1.82, 2.24) is 0 Å². The number of hydrogen-bond donors (Lipinski definition) is 2. The summed E-state index contributed by atoms with van der Waals surface area (Å²) in [6, 6.07) is 15.8. The zero-order valence-electron chi connectivity index (χ0n) is 12.5. The van der Waals surface area contributed by atoms with Crippen LogP contribution >= 0.6 is 0 Å². The fourth-order valence-electron chi connectivity index (χ4n) is 1.94. The number of amides is 1. The molecular weight excluding hydrogens is 264 g/mol. The first-order chi connectivity index (χ1) is 10.1. The van der Waals surface area contributed by atoms with E-state index in [0.29, 0.717) is 0 Å². The van der Waals surface area contributed by atoms with Crippen molar-refractivity contribution < 1.29 is 9.53 Å². The van der Waals surface area contributed by atoms with Crippen molar-refractivity contribution in [2.75, 3.05) is 17.7 Å². The highest BCUT2D eigenvalue weighted by Gasteiger charge is 2.05. The SMILES string of the molecule is CNc1ccc(-c2ccc(NC(=O)OC(C)C)cc2)cc1. The highest BCUT2D eigenvalue weighted by atomic mass is 16.6. The number of nitrogens with one attached hydrogen (secondary N) is 2. The zero-order chi connectivity index (χ0) is 15.2. The predicted octanol–water partition coefficient (Wildman–Crippen LogP) is 4.35. The number of carbonyl (C=O) groups excluding carboxylic acids is 1.